The van der Waals surface area contributed by atoms with Crippen LogP contribution in [0, 0.1) is 0 Å². The number of carbonyl (C=O) groups excluding carboxylic acids is 3. The Labute approximate surface area is 363 Å². The van der Waals surface area contributed by atoms with Crippen LogP contribution in [0.3, 0.4) is 0 Å². The lowest BCUT2D eigenvalue weighted by Crippen LogP contribution is -2.30. The molecule has 0 aromatic carbocycles. The third kappa shape index (κ3) is 45.8. The van der Waals surface area contributed by atoms with Gasteiger partial charge in [0.2, 0.25) is 0 Å². The van der Waals surface area contributed by atoms with E-state index in [-0.39, 0.29) is 31.1 Å². The molecule has 0 N–H and O–H groups in total. The summed E-state index contributed by atoms with van der Waals surface area (Å²) >= 11 is 0. The number of hydrogen-bond acceptors (Lipinski definition) is 6. The average molecular weight is 823 g/mol. The fraction of sp³-hybridized carbons (Fsp3) is 0.717. The maximum absolute atomic E-state index is 12.7. The largest absolute Gasteiger partial charge is 0.462 e. The smallest absolute Gasteiger partial charge is 0.306 e. The number of hydrogen-bond donors (Lipinski definition) is 0. The first-order chi connectivity index (χ1) is 29.0. The molecule has 338 valence electrons. The Bertz CT molecular complexity index is 1130. The molecule has 1 unspecified atom stereocenters. The van der Waals surface area contributed by atoms with Gasteiger partial charge in [0.05, 0.1) is 0 Å². The lowest BCUT2D eigenvalue weighted by molar-refractivity contribution is -0.167. The second kappa shape index (κ2) is 47.5. The normalized spacial score (nSPS) is 12.7. The number of carbonyl (C=O) groups is 3. The molecule has 0 bridgehead atoms. The van der Waals surface area contributed by atoms with Crippen molar-refractivity contribution in [2.45, 2.75) is 232 Å². The zero-order chi connectivity index (χ0) is 43.0. The van der Waals surface area contributed by atoms with Gasteiger partial charge >= 0.3 is 17.9 Å². The van der Waals surface area contributed by atoms with Crippen LogP contribution < -0.4 is 0 Å². The minimum Gasteiger partial charge on any atom is -0.462 e. The van der Waals surface area contributed by atoms with Crippen LogP contribution in [0.15, 0.2) is 72.9 Å². The highest BCUT2D eigenvalue weighted by atomic mass is 16.6. The fourth-order valence-corrected chi connectivity index (χ4v) is 6.49. The van der Waals surface area contributed by atoms with Gasteiger partial charge in [-0.2, -0.15) is 0 Å². The molecule has 6 heteroatoms. The second-order valence-corrected chi connectivity index (χ2v) is 16.0. The van der Waals surface area contributed by atoms with Gasteiger partial charge < -0.3 is 14.2 Å². The first-order valence-electron chi connectivity index (χ1n) is 24.4. The van der Waals surface area contributed by atoms with Crippen molar-refractivity contribution < 1.29 is 28.6 Å². The van der Waals surface area contributed by atoms with Gasteiger partial charge in [0.15, 0.2) is 6.10 Å². The molecule has 0 saturated carbocycles. The zero-order valence-electron chi connectivity index (χ0n) is 38.5. The molecule has 0 fully saturated rings. The van der Waals surface area contributed by atoms with Crippen LogP contribution in [0.2, 0.25) is 0 Å². The highest BCUT2D eigenvalue weighted by Gasteiger charge is 2.19. The van der Waals surface area contributed by atoms with Crippen molar-refractivity contribution in [1.29, 1.82) is 0 Å². The Morgan fingerprint density at radius 3 is 1.15 bits per heavy atom. The van der Waals surface area contributed by atoms with Gasteiger partial charge in [-0.05, 0) is 103 Å². The monoisotopic (exact) mass is 823 g/mol. The minimum atomic E-state index is -0.801. The van der Waals surface area contributed by atoms with Crippen LogP contribution in [0.5, 0.6) is 0 Å². The van der Waals surface area contributed by atoms with Gasteiger partial charge in [-0.1, -0.05) is 177 Å². The zero-order valence-corrected chi connectivity index (χ0v) is 38.5. The van der Waals surface area contributed by atoms with E-state index >= 15 is 0 Å². The van der Waals surface area contributed by atoms with E-state index in [4.69, 9.17) is 14.2 Å². The minimum absolute atomic E-state index is 0.104. The molecule has 6 nitrogen and oxygen atoms in total. The number of ether oxygens (including phenoxy) is 3. The molecular weight excluding hydrogens is 733 g/mol. The molecule has 0 aliphatic heterocycles. The Morgan fingerprint density at radius 1 is 0.356 bits per heavy atom. The van der Waals surface area contributed by atoms with Crippen molar-refractivity contribution in [3.05, 3.63) is 72.9 Å². The van der Waals surface area contributed by atoms with Crippen molar-refractivity contribution >= 4 is 17.9 Å². The van der Waals surface area contributed by atoms with Gasteiger partial charge in [-0.3, -0.25) is 14.4 Å². The van der Waals surface area contributed by atoms with Crippen LogP contribution in [0.25, 0.3) is 0 Å². The highest BCUT2D eigenvalue weighted by molar-refractivity contribution is 5.71. The van der Waals surface area contributed by atoms with Crippen molar-refractivity contribution in [3.8, 4) is 0 Å². The van der Waals surface area contributed by atoms with Crippen molar-refractivity contribution in [2.24, 2.45) is 0 Å². The van der Waals surface area contributed by atoms with E-state index in [9.17, 15) is 14.4 Å². The Hall–Kier alpha value is -3.15. The highest BCUT2D eigenvalue weighted by Crippen LogP contribution is 2.13. The average Bonchev–Trinajstić information content (AvgIpc) is 3.23. The van der Waals surface area contributed by atoms with Crippen molar-refractivity contribution in [2.75, 3.05) is 13.2 Å². The summed E-state index contributed by atoms with van der Waals surface area (Å²) in [6.45, 7) is 6.42. The summed E-state index contributed by atoms with van der Waals surface area (Å²) in [4.78, 5) is 37.8. The first kappa shape index (κ1) is 55.9. The molecule has 0 heterocycles. The Morgan fingerprint density at radius 2 is 0.678 bits per heavy atom. The molecule has 0 spiro atoms. The van der Waals surface area contributed by atoms with Gasteiger partial charge in [0, 0.05) is 19.3 Å². The summed E-state index contributed by atoms with van der Waals surface area (Å²) in [5.41, 5.74) is 0. The van der Waals surface area contributed by atoms with E-state index in [1.54, 1.807) is 0 Å². The molecule has 0 rings (SSSR count). The first-order valence-corrected chi connectivity index (χ1v) is 24.4. The third-order valence-electron chi connectivity index (χ3n) is 10.2. The molecule has 0 amide bonds. The van der Waals surface area contributed by atoms with Crippen LogP contribution in [0.4, 0.5) is 0 Å². The number of unbranched alkanes of at least 4 members (excludes halogenated alkanes) is 20. The van der Waals surface area contributed by atoms with Gasteiger partial charge in [0.1, 0.15) is 13.2 Å². The maximum atomic E-state index is 12.7. The summed E-state index contributed by atoms with van der Waals surface area (Å²) < 4.78 is 16.7. The quantitative estimate of drug-likeness (QED) is 0.0264. The molecule has 59 heavy (non-hydrogen) atoms. The maximum Gasteiger partial charge on any atom is 0.306 e. The summed E-state index contributed by atoms with van der Waals surface area (Å²) in [7, 11) is 0. The van der Waals surface area contributed by atoms with E-state index in [1.807, 2.05) is 0 Å². The van der Waals surface area contributed by atoms with Gasteiger partial charge in [0.25, 0.3) is 0 Å². The molecule has 0 aliphatic carbocycles. The molecule has 0 aromatic heterocycles. The van der Waals surface area contributed by atoms with Crippen LogP contribution >= 0.6 is 0 Å². The van der Waals surface area contributed by atoms with E-state index in [1.165, 1.54) is 83.5 Å². The Balaban J connectivity index is 4.43. The van der Waals surface area contributed by atoms with E-state index < -0.39 is 6.10 Å². The molecule has 0 radical (unpaired) electrons. The lowest BCUT2D eigenvalue weighted by atomic mass is 10.1. The van der Waals surface area contributed by atoms with E-state index in [0.29, 0.717) is 25.7 Å². The molecule has 0 aliphatic rings. The van der Waals surface area contributed by atoms with E-state index in [0.717, 1.165) is 96.3 Å². The van der Waals surface area contributed by atoms with Gasteiger partial charge in [-0.15, -0.1) is 0 Å². The SMILES string of the molecule is CC/C=C\C/C=C\C/C=C\C/C=C\CCCCCC(=O)OCC(COC(=O)CCC/C=C\CCCCCC)OC(=O)CCCCCCC/C=C\CCCCCCCCC. The standard InChI is InChI=1S/C53H90O6/c1-4-7-10-13-16-19-21-23-25-27-29-31-34-37-40-43-46-52(55)58-49-50(48-57-51(54)45-42-39-36-33-18-15-12-9-6-3)59-53(56)47-44-41-38-35-32-30-28-26-24-22-20-17-14-11-8-5-2/h7,10,16,19,23,25-26,28-29,31,33,36,50H,4-6,8-9,11-15,17-18,20-22,24,27,30,32,34-35,37-49H2,1-3H3/b10-7-,19-16-,25-23-,28-26-,31-29-,36-33-. The summed E-state index contributed by atoms with van der Waals surface area (Å²) in [5, 5.41) is 0. The van der Waals surface area contributed by atoms with Crippen molar-refractivity contribution in [1.82, 2.24) is 0 Å². The summed E-state index contributed by atoms with van der Waals surface area (Å²) in [6.07, 6.45) is 58.9. The summed E-state index contributed by atoms with van der Waals surface area (Å²) in [6, 6.07) is 0. The number of allylic oxidation sites excluding steroid dienone is 12. The topological polar surface area (TPSA) is 78.9 Å². The van der Waals surface area contributed by atoms with E-state index in [2.05, 4.69) is 93.7 Å². The Kier molecular flexibility index (Phi) is 45.0. The third-order valence-corrected chi connectivity index (χ3v) is 10.2. The molecular formula is C53H90O6. The fourth-order valence-electron chi connectivity index (χ4n) is 6.49. The second-order valence-electron chi connectivity index (χ2n) is 16.0. The molecule has 0 saturated heterocycles. The lowest BCUT2D eigenvalue weighted by Gasteiger charge is -2.18. The molecule has 0 aromatic rings. The molecule has 1 atom stereocenters. The van der Waals surface area contributed by atoms with Crippen LogP contribution in [-0.4, -0.2) is 37.2 Å². The predicted octanol–water partition coefficient (Wildman–Crippen LogP) is 15.9. The van der Waals surface area contributed by atoms with Gasteiger partial charge in [-0.25, -0.2) is 0 Å². The van der Waals surface area contributed by atoms with Crippen LogP contribution in [0.1, 0.15) is 226 Å². The van der Waals surface area contributed by atoms with Crippen LogP contribution in [-0.2, 0) is 28.6 Å². The predicted molar refractivity (Wildman–Crippen MR) is 251 cm³/mol. The van der Waals surface area contributed by atoms with Crippen molar-refractivity contribution in [3.63, 3.8) is 0 Å². The summed E-state index contributed by atoms with van der Waals surface area (Å²) in [5.74, 6) is -0.979. The number of rotatable bonds is 43. The number of esters is 3.